The molecule has 1 aliphatic rings. The summed E-state index contributed by atoms with van der Waals surface area (Å²) in [5.74, 6) is -0.247. The first-order chi connectivity index (χ1) is 5.36. The van der Waals surface area contributed by atoms with E-state index >= 15 is 0 Å². The Morgan fingerprint density at radius 1 is 1.73 bits per heavy atom. The second-order valence-corrected chi connectivity index (χ2v) is 2.67. The van der Waals surface area contributed by atoms with E-state index in [0.717, 1.165) is 6.61 Å². The predicted octanol–water partition coefficient (Wildman–Crippen LogP) is 1.57. The van der Waals surface area contributed by atoms with Crippen molar-refractivity contribution >= 4 is 0 Å². The Morgan fingerprint density at radius 3 is 3.18 bits per heavy atom. The molecule has 1 aromatic carbocycles. The third-order valence-corrected chi connectivity index (χ3v) is 1.74. The summed E-state index contributed by atoms with van der Waals surface area (Å²) >= 11 is 0. The maximum Gasteiger partial charge on any atom is 0.134 e. The van der Waals surface area contributed by atoms with Crippen molar-refractivity contribution in [1.29, 1.82) is 0 Å². The number of hydrogen-bond donors (Lipinski definition) is 0. The third-order valence-electron chi connectivity index (χ3n) is 1.74. The number of epoxide rings is 1. The predicted molar refractivity (Wildman–Crippen MR) is 38.7 cm³/mol. The number of hydrogen-bond acceptors (Lipinski definition) is 1. The molecule has 1 fully saturated rings. The SMILES string of the molecule is Fc1[c]cccc1C[C@@H]1CO1. The lowest BCUT2D eigenvalue weighted by Gasteiger charge is -1.97. The maximum atomic E-state index is 12.9. The van der Waals surface area contributed by atoms with Crippen LogP contribution < -0.4 is 0 Å². The van der Waals surface area contributed by atoms with Crippen molar-refractivity contribution in [3.8, 4) is 0 Å². The van der Waals surface area contributed by atoms with Crippen molar-refractivity contribution in [3.63, 3.8) is 0 Å². The van der Waals surface area contributed by atoms with Crippen LogP contribution in [0.25, 0.3) is 0 Å². The molecule has 1 atom stereocenters. The lowest BCUT2D eigenvalue weighted by atomic mass is 10.1. The highest BCUT2D eigenvalue weighted by Gasteiger charge is 2.23. The molecular weight excluding hydrogens is 143 g/mol. The van der Waals surface area contributed by atoms with Crippen LogP contribution in [0.5, 0.6) is 0 Å². The van der Waals surface area contributed by atoms with E-state index in [9.17, 15) is 4.39 Å². The topological polar surface area (TPSA) is 12.5 Å². The van der Waals surface area contributed by atoms with Crippen LogP contribution in [0.2, 0.25) is 0 Å². The minimum absolute atomic E-state index is 0.247. The van der Waals surface area contributed by atoms with Gasteiger partial charge in [-0.2, -0.15) is 0 Å². The second-order valence-electron chi connectivity index (χ2n) is 2.67. The standard InChI is InChI=1S/C9H8FO/c10-9-4-2-1-3-7(9)5-8-6-11-8/h1-3,8H,5-6H2/t8-/m1/s1. The number of benzene rings is 1. The summed E-state index contributed by atoms with van der Waals surface area (Å²) in [6.07, 6.45) is 0.934. The van der Waals surface area contributed by atoms with Crippen molar-refractivity contribution < 1.29 is 9.13 Å². The molecule has 57 valence electrons. The van der Waals surface area contributed by atoms with Gasteiger partial charge in [0.15, 0.2) is 0 Å². The van der Waals surface area contributed by atoms with Crippen molar-refractivity contribution in [3.05, 3.63) is 35.6 Å². The van der Waals surface area contributed by atoms with Gasteiger partial charge in [0.05, 0.1) is 12.7 Å². The van der Waals surface area contributed by atoms with Gasteiger partial charge < -0.3 is 4.74 Å². The molecule has 0 spiro atoms. The van der Waals surface area contributed by atoms with Crippen LogP contribution in [0.3, 0.4) is 0 Å². The summed E-state index contributed by atoms with van der Waals surface area (Å²) in [5, 5.41) is 0. The minimum atomic E-state index is -0.247. The van der Waals surface area contributed by atoms with E-state index in [1.807, 2.05) is 0 Å². The third kappa shape index (κ3) is 1.57. The molecule has 0 bridgehead atoms. The van der Waals surface area contributed by atoms with Crippen LogP contribution in [0.15, 0.2) is 18.2 Å². The summed E-state index contributed by atoms with van der Waals surface area (Å²) in [6, 6.07) is 7.65. The van der Waals surface area contributed by atoms with Gasteiger partial charge in [-0.15, -0.1) is 0 Å². The Balaban J connectivity index is 2.15. The Labute approximate surface area is 64.8 Å². The normalized spacial score (nSPS) is 21.7. The first kappa shape index (κ1) is 6.80. The molecule has 2 heteroatoms. The highest BCUT2D eigenvalue weighted by atomic mass is 19.1. The molecule has 1 heterocycles. The molecule has 1 nitrogen and oxygen atoms in total. The summed E-state index contributed by atoms with van der Waals surface area (Å²) in [6.45, 7) is 0.772. The van der Waals surface area contributed by atoms with Gasteiger partial charge in [0.2, 0.25) is 0 Å². The van der Waals surface area contributed by atoms with Crippen molar-refractivity contribution in [2.45, 2.75) is 12.5 Å². The number of ether oxygens (including phenoxy) is 1. The molecule has 0 N–H and O–H groups in total. The molecule has 1 radical (unpaired) electrons. The van der Waals surface area contributed by atoms with Crippen LogP contribution in [-0.4, -0.2) is 12.7 Å². The average Bonchev–Trinajstić information content (AvgIpc) is 2.78. The van der Waals surface area contributed by atoms with E-state index in [4.69, 9.17) is 4.74 Å². The van der Waals surface area contributed by atoms with Crippen molar-refractivity contribution in [2.24, 2.45) is 0 Å². The Bertz CT molecular complexity index is 255. The van der Waals surface area contributed by atoms with Crippen molar-refractivity contribution in [2.75, 3.05) is 6.61 Å². The summed E-state index contributed by atoms with van der Waals surface area (Å²) in [4.78, 5) is 0. The number of halogens is 1. The Hall–Kier alpha value is -0.890. The molecule has 0 amide bonds. The molecule has 2 rings (SSSR count). The highest BCUT2D eigenvalue weighted by molar-refractivity contribution is 5.17. The molecule has 1 aromatic rings. The van der Waals surface area contributed by atoms with Gasteiger partial charge in [-0.25, -0.2) is 4.39 Å². The smallest absolute Gasteiger partial charge is 0.134 e. The molecule has 0 aromatic heterocycles. The first-order valence-electron chi connectivity index (χ1n) is 3.63. The lowest BCUT2D eigenvalue weighted by Crippen LogP contribution is -1.95. The van der Waals surface area contributed by atoms with E-state index in [2.05, 4.69) is 6.07 Å². The lowest BCUT2D eigenvalue weighted by molar-refractivity contribution is 0.405. The highest BCUT2D eigenvalue weighted by Crippen LogP contribution is 2.17. The van der Waals surface area contributed by atoms with Crippen LogP contribution in [0, 0.1) is 11.9 Å². The minimum Gasteiger partial charge on any atom is -0.373 e. The second kappa shape index (κ2) is 2.62. The van der Waals surface area contributed by atoms with Gasteiger partial charge in [0.1, 0.15) is 5.82 Å². The van der Waals surface area contributed by atoms with Gasteiger partial charge in [-0.3, -0.25) is 0 Å². The van der Waals surface area contributed by atoms with Gasteiger partial charge in [0, 0.05) is 12.5 Å². The van der Waals surface area contributed by atoms with E-state index in [-0.39, 0.29) is 11.9 Å². The molecule has 0 unspecified atom stereocenters. The van der Waals surface area contributed by atoms with E-state index in [0.29, 0.717) is 12.0 Å². The first-order valence-corrected chi connectivity index (χ1v) is 3.63. The fourth-order valence-electron chi connectivity index (χ4n) is 1.04. The number of rotatable bonds is 2. The van der Waals surface area contributed by atoms with Gasteiger partial charge in [0.25, 0.3) is 0 Å². The molecule has 0 aliphatic carbocycles. The average molecular weight is 151 g/mol. The molecule has 1 saturated heterocycles. The fraction of sp³-hybridized carbons (Fsp3) is 0.333. The van der Waals surface area contributed by atoms with Crippen LogP contribution in [-0.2, 0) is 11.2 Å². The zero-order valence-electron chi connectivity index (χ0n) is 6.01. The molecule has 0 saturated carbocycles. The Morgan fingerprint density at radius 2 is 2.55 bits per heavy atom. The largest absolute Gasteiger partial charge is 0.373 e. The zero-order chi connectivity index (χ0) is 7.68. The van der Waals surface area contributed by atoms with Gasteiger partial charge in [-0.05, 0) is 5.56 Å². The Kier molecular flexibility index (Phi) is 1.62. The van der Waals surface area contributed by atoms with Crippen LogP contribution in [0.4, 0.5) is 4.39 Å². The fourth-order valence-corrected chi connectivity index (χ4v) is 1.04. The monoisotopic (exact) mass is 151 g/mol. The van der Waals surface area contributed by atoms with Gasteiger partial charge in [-0.1, -0.05) is 18.2 Å². The van der Waals surface area contributed by atoms with E-state index in [1.54, 1.807) is 18.2 Å². The molecule has 1 aliphatic heterocycles. The zero-order valence-corrected chi connectivity index (χ0v) is 6.01. The molecule has 11 heavy (non-hydrogen) atoms. The van der Waals surface area contributed by atoms with E-state index in [1.165, 1.54) is 0 Å². The van der Waals surface area contributed by atoms with Gasteiger partial charge >= 0.3 is 0 Å². The molecular formula is C9H8FO. The summed E-state index contributed by atoms with van der Waals surface area (Å²) in [5.41, 5.74) is 0.704. The van der Waals surface area contributed by atoms with Crippen LogP contribution >= 0.6 is 0 Å². The van der Waals surface area contributed by atoms with Crippen LogP contribution in [0.1, 0.15) is 5.56 Å². The summed E-state index contributed by atoms with van der Waals surface area (Å²) in [7, 11) is 0. The maximum absolute atomic E-state index is 12.9. The van der Waals surface area contributed by atoms with Crippen molar-refractivity contribution in [1.82, 2.24) is 0 Å². The van der Waals surface area contributed by atoms with E-state index < -0.39 is 0 Å². The quantitative estimate of drug-likeness (QED) is 0.584. The summed E-state index contributed by atoms with van der Waals surface area (Å²) < 4.78 is 17.9.